The topological polar surface area (TPSA) is 61.0 Å². The monoisotopic (exact) mass is 181 g/mol. The molecule has 72 valence electrons. The smallest absolute Gasteiger partial charge is 0.153 e. The Bertz CT molecular complexity index is 235. The van der Waals surface area contributed by atoms with Crippen molar-refractivity contribution >= 4 is 0 Å². The molecule has 0 amide bonds. The van der Waals surface area contributed by atoms with Crippen LogP contribution in [0, 0.1) is 0 Å². The first kappa shape index (κ1) is 10.1. The van der Waals surface area contributed by atoms with Crippen LogP contribution in [0.1, 0.15) is 18.3 Å². The Kier molecular flexibility index (Phi) is 4.35. The number of ether oxygens (including phenoxy) is 1. The van der Waals surface area contributed by atoms with Crippen molar-refractivity contribution < 1.29 is 4.74 Å². The second kappa shape index (κ2) is 5.61. The van der Waals surface area contributed by atoms with Gasteiger partial charge in [-0.2, -0.15) is 0 Å². The van der Waals surface area contributed by atoms with Crippen molar-refractivity contribution in [2.75, 3.05) is 13.2 Å². The zero-order valence-corrected chi connectivity index (χ0v) is 7.86. The van der Waals surface area contributed by atoms with Crippen LogP contribution >= 0.6 is 0 Å². The molecule has 1 aromatic rings. The van der Waals surface area contributed by atoms with Crippen molar-refractivity contribution in [2.45, 2.75) is 20.0 Å². The maximum absolute atomic E-state index is 5.40. The molecule has 0 aliphatic rings. The Balaban J connectivity index is 2.48. The molecule has 1 rings (SSSR count). The van der Waals surface area contributed by atoms with Gasteiger partial charge in [0, 0.05) is 19.0 Å². The Morgan fingerprint density at radius 2 is 2.08 bits per heavy atom. The molecular formula is C9H15N3O. The molecule has 0 spiro atoms. The number of nitrogens with zero attached hydrogens (tertiary/aromatic N) is 2. The fourth-order valence-electron chi connectivity index (χ4n) is 0.945. The van der Waals surface area contributed by atoms with Crippen molar-refractivity contribution in [2.24, 2.45) is 5.73 Å². The van der Waals surface area contributed by atoms with Crippen molar-refractivity contribution in [3.63, 3.8) is 0 Å². The third-order valence-corrected chi connectivity index (χ3v) is 1.63. The van der Waals surface area contributed by atoms with Gasteiger partial charge in [0.1, 0.15) is 6.61 Å². The molecule has 0 aliphatic heterocycles. The Hall–Kier alpha value is -1.00. The summed E-state index contributed by atoms with van der Waals surface area (Å²) in [6.07, 6.45) is 4.43. The summed E-state index contributed by atoms with van der Waals surface area (Å²) in [5.74, 6) is 0.725. The van der Waals surface area contributed by atoms with Gasteiger partial charge in [0.25, 0.3) is 0 Å². The Morgan fingerprint density at radius 1 is 1.38 bits per heavy atom. The van der Waals surface area contributed by atoms with E-state index in [0.29, 0.717) is 19.8 Å². The van der Waals surface area contributed by atoms with Gasteiger partial charge in [0.15, 0.2) is 5.82 Å². The molecule has 0 fully saturated rings. The first-order valence-corrected chi connectivity index (χ1v) is 4.44. The van der Waals surface area contributed by atoms with Crippen LogP contribution in [-0.2, 0) is 17.8 Å². The van der Waals surface area contributed by atoms with Crippen LogP contribution in [0.15, 0.2) is 12.4 Å². The van der Waals surface area contributed by atoms with Gasteiger partial charge >= 0.3 is 0 Å². The van der Waals surface area contributed by atoms with Gasteiger partial charge in [0.05, 0.1) is 0 Å². The molecule has 0 atom stereocenters. The van der Waals surface area contributed by atoms with Crippen LogP contribution in [0.2, 0.25) is 0 Å². The third-order valence-electron chi connectivity index (χ3n) is 1.63. The van der Waals surface area contributed by atoms with Gasteiger partial charge in [-0.1, -0.05) is 0 Å². The molecule has 0 saturated heterocycles. The van der Waals surface area contributed by atoms with Crippen LogP contribution in [0.5, 0.6) is 0 Å². The van der Waals surface area contributed by atoms with Crippen molar-refractivity contribution in [3.05, 3.63) is 23.8 Å². The maximum Gasteiger partial charge on any atom is 0.153 e. The van der Waals surface area contributed by atoms with E-state index in [4.69, 9.17) is 10.5 Å². The van der Waals surface area contributed by atoms with E-state index in [1.165, 1.54) is 0 Å². The minimum absolute atomic E-state index is 0.486. The van der Waals surface area contributed by atoms with Gasteiger partial charge < -0.3 is 10.5 Å². The Labute approximate surface area is 78.1 Å². The highest BCUT2D eigenvalue weighted by atomic mass is 16.5. The van der Waals surface area contributed by atoms with E-state index in [1.807, 2.05) is 6.92 Å². The van der Waals surface area contributed by atoms with Crippen LogP contribution in [0.4, 0.5) is 0 Å². The van der Waals surface area contributed by atoms with Gasteiger partial charge in [0.2, 0.25) is 0 Å². The second-order valence-electron chi connectivity index (χ2n) is 2.68. The predicted molar refractivity (Wildman–Crippen MR) is 50.1 cm³/mol. The van der Waals surface area contributed by atoms with Crippen LogP contribution < -0.4 is 5.73 Å². The number of rotatable bonds is 5. The van der Waals surface area contributed by atoms with E-state index in [-0.39, 0.29) is 0 Å². The highest BCUT2D eigenvalue weighted by Gasteiger charge is 1.96. The molecule has 1 heterocycles. The predicted octanol–water partition coefficient (Wildman–Crippen LogP) is 0.514. The first-order chi connectivity index (χ1) is 6.36. The summed E-state index contributed by atoms with van der Waals surface area (Å²) in [6, 6.07) is 0. The van der Waals surface area contributed by atoms with E-state index in [1.54, 1.807) is 12.4 Å². The van der Waals surface area contributed by atoms with Crippen molar-refractivity contribution in [1.82, 2.24) is 9.97 Å². The average Bonchev–Trinajstić information content (AvgIpc) is 2.17. The zero-order valence-electron chi connectivity index (χ0n) is 7.86. The number of hydrogen-bond acceptors (Lipinski definition) is 4. The third kappa shape index (κ3) is 3.48. The molecule has 0 aliphatic carbocycles. The maximum atomic E-state index is 5.40. The summed E-state index contributed by atoms with van der Waals surface area (Å²) in [7, 11) is 0. The largest absolute Gasteiger partial charge is 0.374 e. The van der Waals surface area contributed by atoms with Gasteiger partial charge in [-0.25, -0.2) is 9.97 Å². The minimum Gasteiger partial charge on any atom is -0.374 e. The van der Waals surface area contributed by atoms with Crippen LogP contribution in [-0.4, -0.2) is 23.1 Å². The molecule has 0 unspecified atom stereocenters. The van der Waals surface area contributed by atoms with E-state index in [9.17, 15) is 0 Å². The molecule has 0 aromatic carbocycles. The summed E-state index contributed by atoms with van der Waals surface area (Å²) in [6.45, 7) is 3.75. The number of aromatic nitrogens is 2. The minimum atomic E-state index is 0.486. The van der Waals surface area contributed by atoms with Gasteiger partial charge in [-0.3, -0.25) is 0 Å². The molecule has 13 heavy (non-hydrogen) atoms. The van der Waals surface area contributed by atoms with Crippen LogP contribution in [0.3, 0.4) is 0 Å². The summed E-state index contributed by atoms with van der Waals surface area (Å²) >= 11 is 0. The summed E-state index contributed by atoms with van der Waals surface area (Å²) in [5.41, 5.74) is 6.47. The first-order valence-electron chi connectivity index (χ1n) is 4.44. The van der Waals surface area contributed by atoms with E-state index >= 15 is 0 Å². The Morgan fingerprint density at radius 3 is 2.62 bits per heavy atom. The average molecular weight is 181 g/mol. The second-order valence-corrected chi connectivity index (χ2v) is 2.68. The highest BCUT2D eigenvalue weighted by Crippen LogP contribution is 1.97. The number of hydrogen-bond donors (Lipinski definition) is 1. The van der Waals surface area contributed by atoms with Crippen molar-refractivity contribution in [3.8, 4) is 0 Å². The fraction of sp³-hybridized carbons (Fsp3) is 0.556. The van der Waals surface area contributed by atoms with Crippen molar-refractivity contribution in [1.29, 1.82) is 0 Å². The lowest BCUT2D eigenvalue weighted by Gasteiger charge is -2.01. The molecule has 4 heteroatoms. The molecule has 0 saturated carbocycles. The standard InChI is InChI=1S/C9H15N3O/c1-2-13-7-9-11-5-8(3-4-10)6-12-9/h5-6H,2-4,7,10H2,1H3. The normalized spacial score (nSPS) is 10.3. The van der Waals surface area contributed by atoms with E-state index < -0.39 is 0 Å². The lowest BCUT2D eigenvalue weighted by atomic mass is 10.2. The lowest BCUT2D eigenvalue weighted by Crippen LogP contribution is -2.05. The quantitative estimate of drug-likeness (QED) is 0.719. The van der Waals surface area contributed by atoms with E-state index in [2.05, 4.69) is 9.97 Å². The molecule has 0 radical (unpaired) electrons. The summed E-state index contributed by atoms with van der Waals surface area (Å²) in [4.78, 5) is 8.29. The molecule has 1 aromatic heterocycles. The molecule has 0 bridgehead atoms. The summed E-state index contributed by atoms with van der Waals surface area (Å²) < 4.78 is 5.17. The fourth-order valence-corrected chi connectivity index (χ4v) is 0.945. The number of nitrogens with two attached hydrogens (primary N) is 1. The molecule has 4 nitrogen and oxygen atoms in total. The lowest BCUT2D eigenvalue weighted by molar-refractivity contribution is 0.128. The van der Waals surface area contributed by atoms with Gasteiger partial charge in [-0.05, 0) is 25.5 Å². The molecule has 2 N–H and O–H groups in total. The molecular weight excluding hydrogens is 166 g/mol. The summed E-state index contributed by atoms with van der Waals surface area (Å²) in [5, 5.41) is 0. The SMILES string of the molecule is CCOCc1ncc(CCN)cn1. The van der Waals surface area contributed by atoms with Crippen LogP contribution in [0.25, 0.3) is 0 Å². The van der Waals surface area contributed by atoms with E-state index in [0.717, 1.165) is 17.8 Å². The highest BCUT2D eigenvalue weighted by molar-refractivity contribution is 5.05. The zero-order chi connectivity index (χ0) is 9.52. The van der Waals surface area contributed by atoms with Gasteiger partial charge in [-0.15, -0.1) is 0 Å².